The molecule has 1 heterocycles. The number of guanidine groups is 1. The van der Waals surface area contributed by atoms with Gasteiger partial charge in [-0.2, -0.15) is 11.8 Å². The van der Waals surface area contributed by atoms with Crippen molar-refractivity contribution in [2.75, 3.05) is 32.2 Å². The molecule has 0 aliphatic heterocycles. The zero-order valence-electron chi connectivity index (χ0n) is 17.6. The fourth-order valence-corrected chi connectivity index (χ4v) is 3.09. The first kappa shape index (κ1) is 22.9. The summed E-state index contributed by atoms with van der Waals surface area (Å²) >= 11 is 1.88. The number of para-hydroxylation sites is 2. The molecule has 7 heteroatoms. The first-order valence-electron chi connectivity index (χ1n) is 10.1. The highest BCUT2D eigenvalue weighted by molar-refractivity contribution is 7.98. The summed E-state index contributed by atoms with van der Waals surface area (Å²) in [5.41, 5.74) is 0.947. The van der Waals surface area contributed by atoms with Crippen LogP contribution in [0.5, 0.6) is 17.4 Å². The highest BCUT2D eigenvalue weighted by atomic mass is 32.2. The average molecular weight is 417 g/mol. The maximum atomic E-state index is 6.09. The van der Waals surface area contributed by atoms with Gasteiger partial charge in [-0.15, -0.1) is 0 Å². The van der Waals surface area contributed by atoms with Crippen molar-refractivity contribution in [3.63, 3.8) is 0 Å². The molecular formula is C22H32N4O2S. The number of hydrogen-bond acceptors (Lipinski definition) is 5. The summed E-state index contributed by atoms with van der Waals surface area (Å²) < 4.78 is 11.9. The molecule has 2 rings (SSSR count). The van der Waals surface area contributed by atoms with Crippen molar-refractivity contribution in [3.8, 4) is 17.4 Å². The Labute approximate surface area is 178 Å². The Kier molecular flexibility index (Phi) is 10.8. The van der Waals surface area contributed by atoms with Crippen molar-refractivity contribution in [2.24, 2.45) is 4.99 Å². The van der Waals surface area contributed by atoms with Crippen LogP contribution in [0.3, 0.4) is 0 Å². The molecule has 1 aromatic heterocycles. The van der Waals surface area contributed by atoms with Crippen LogP contribution < -0.4 is 20.1 Å². The van der Waals surface area contributed by atoms with Crippen LogP contribution in [0.15, 0.2) is 47.6 Å². The van der Waals surface area contributed by atoms with E-state index in [0.717, 1.165) is 36.7 Å². The second-order valence-corrected chi connectivity index (χ2v) is 7.40. The van der Waals surface area contributed by atoms with E-state index in [2.05, 4.69) is 33.8 Å². The number of ether oxygens (including phenoxy) is 2. The van der Waals surface area contributed by atoms with Crippen LogP contribution in [0.25, 0.3) is 0 Å². The second kappa shape index (κ2) is 13.7. The lowest BCUT2D eigenvalue weighted by Crippen LogP contribution is -2.37. The Bertz CT molecular complexity index is 755. The number of thioether (sulfide) groups is 1. The first-order chi connectivity index (χ1) is 14.3. The van der Waals surface area contributed by atoms with Crippen LogP contribution in [-0.2, 0) is 6.54 Å². The Morgan fingerprint density at radius 1 is 1.10 bits per heavy atom. The summed E-state index contributed by atoms with van der Waals surface area (Å²) in [6.45, 7) is 4.19. The van der Waals surface area contributed by atoms with Gasteiger partial charge in [-0.3, -0.25) is 4.99 Å². The van der Waals surface area contributed by atoms with Crippen LogP contribution in [0, 0.1) is 0 Å². The van der Waals surface area contributed by atoms with Crippen LogP contribution in [0.2, 0.25) is 0 Å². The minimum Gasteiger partial charge on any atom is -0.490 e. The molecule has 0 aliphatic rings. The predicted octanol–water partition coefficient (Wildman–Crippen LogP) is 4.47. The van der Waals surface area contributed by atoms with Crippen molar-refractivity contribution >= 4 is 17.7 Å². The molecule has 6 nitrogen and oxygen atoms in total. The van der Waals surface area contributed by atoms with Crippen LogP contribution in [-0.4, -0.2) is 43.2 Å². The maximum Gasteiger partial charge on any atom is 0.224 e. The summed E-state index contributed by atoms with van der Waals surface area (Å²) in [5.74, 6) is 3.91. The molecule has 0 unspecified atom stereocenters. The molecule has 0 atom stereocenters. The van der Waals surface area contributed by atoms with E-state index in [0.29, 0.717) is 24.8 Å². The van der Waals surface area contributed by atoms with E-state index in [1.807, 2.05) is 48.2 Å². The third-order valence-corrected chi connectivity index (χ3v) is 4.80. The Morgan fingerprint density at radius 2 is 1.93 bits per heavy atom. The standard InChI is InChI=1S/C22H32N4O2S/c1-4-15-27-19-11-5-6-12-20(19)28-21-18(10-9-14-24-21)17-26-22(23-2)25-13-7-8-16-29-3/h5-6,9-12,14H,4,7-8,13,15-17H2,1-3H3,(H2,23,25,26). The summed E-state index contributed by atoms with van der Waals surface area (Å²) in [7, 11) is 1.78. The highest BCUT2D eigenvalue weighted by Crippen LogP contribution is 2.31. The molecule has 0 spiro atoms. The highest BCUT2D eigenvalue weighted by Gasteiger charge is 2.11. The van der Waals surface area contributed by atoms with E-state index >= 15 is 0 Å². The third-order valence-electron chi connectivity index (χ3n) is 4.11. The Morgan fingerprint density at radius 3 is 2.69 bits per heavy atom. The lowest BCUT2D eigenvalue weighted by molar-refractivity contribution is 0.300. The van der Waals surface area contributed by atoms with E-state index in [-0.39, 0.29) is 0 Å². The van der Waals surface area contributed by atoms with Gasteiger partial charge in [0.05, 0.1) is 6.61 Å². The smallest absolute Gasteiger partial charge is 0.224 e. The SMILES string of the molecule is CCCOc1ccccc1Oc1ncccc1CNC(=NC)NCCCCSC. The fourth-order valence-electron chi connectivity index (χ4n) is 2.60. The molecule has 0 saturated heterocycles. The largest absolute Gasteiger partial charge is 0.490 e. The van der Waals surface area contributed by atoms with Gasteiger partial charge in [0, 0.05) is 31.9 Å². The molecule has 29 heavy (non-hydrogen) atoms. The average Bonchev–Trinajstić information content (AvgIpc) is 2.76. The van der Waals surface area contributed by atoms with Gasteiger partial charge in [-0.05, 0) is 49.5 Å². The number of unbranched alkanes of at least 4 members (excludes halogenated alkanes) is 1. The predicted molar refractivity (Wildman–Crippen MR) is 122 cm³/mol. The molecule has 0 aliphatic carbocycles. The zero-order valence-corrected chi connectivity index (χ0v) is 18.4. The number of benzene rings is 1. The van der Waals surface area contributed by atoms with Crippen molar-refractivity contribution in [2.45, 2.75) is 32.7 Å². The zero-order chi connectivity index (χ0) is 20.7. The Balaban J connectivity index is 1.97. The number of pyridine rings is 1. The minimum absolute atomic E-state index is 0.558. The lowest BCUT2D eigenvalue weighted by Gasteiger charge is -2.15. The van der Waals surface area contributed by atoms with Gasteiger partial charge in [0.2, 0.25) is 5.88 Å². The molecular weight excluding hydrogens is 384 g/mol. The van der Waals surface area contributed by atoms with Crippen molar-refractivity contribution in [1.29, 1.82) is 0 Å². The molecule has 0 radical (unpaired) electrons. The van der Waals surface area contributed by atoms with Crippen molar-refractivity contribution in [1.82, 2.24) is 15.6 Å². The van der Waals surface area contributed by atoms with E-state index in [4.69, 9.17) is 9.47 Å². The summed E-state index contributed by atoms with van der Waals surface area (Å²) in [5, 5.41) is 6.68. The van der Waals surface area contributed by atoms with E-state index in [1.165, 1.54) is 12.2 Å². The normalized spacial score (nSPS) is 11.2. The Hall–Kier alpha value is -2.41. The molecule has 0 saturated carbocycles. The number of hydrogen-bond donors (Lipinski definition) is 2. The summed E-state index contributed by atoms with van der Waals surface area (Å²) in [4.78, 5) is 8.71. The molecule has 2 aromatic rings. The quantitative estimate of drug-likeness (QED) is 0.302. The number of aliphatic imine (C=N–C) groups is 1. The molecule has 0 fully saturated rings. The minimum atomic E-state index is 0.558. The number of rotatable bonds is 12. The molecule has 0 bridgehead atoms. The number of aromatic nitrogens is 1. The number of nitrogens with one attached hydrogen (secondary N) is 2. The van der Waals surface area contributed by atoms with Gasteiger partial charge in [-0.25, -0.2) is 4.98 Å². The van der Waals surface area contributed by atoms with Gasteiger partial charge in [0.1, 0.15) is 0 Å². The monoisotopic (exact) mass is 416 g/mol. The topological polar surface area (TPSA) is 67.8 Å². The molecule has 158 valence electrons. The third kappa shape index (κ3) is 8.23. The molecule has 0 amide bonds. The summed E-state index contributed by atoms with van der Waals surface area (Å²) in [6, 6.07) is 11.6. The van der Waals surface area contributed by atoms with Gasteiger partial charge in [0.15, 0.2) is 17.5 Å². The van der Waals surface area contributed by atoms with E-state index in [9.17, 15) is 0 Å². The van der Waals surface area contributed by atoms with E-state index in [1.54, 1.807) is 13.2 Å². The van der Waals surface area contributed by atoms with Gasteiger partial charge >= 0.3 is 0 Å². The van der Waals surface area contributed by atoms with Crippen molar-refractivity contribution < 1.29 is 9.47 Å². The molecule has 1 aromatic carbocycles. The number of nitrogens with zero attached hydrogens (tertiary/aromatic N) is 2. The lowest BCUT2D eigenvalue weighted by atomic mass is 10.2. The second-order valence-electron chi connectivity index (χ2n) is 6.42. The van der Waals surface area contributed by atoms with Gasteiger partial charge in [-0.1, -0.05) is 25.1 Å². The van der Waals surface area contributed by atoms with Crippen LogP contribution in [0.4, 0.5) is 0 Å². The van der Waals surface area contributed by atoms with Gasteiger partial charge < -0.3 is 20.1 Å². The maximum absolute atomic E-state index is 6.09. The summed E-state index contributed by atoms with van der Waals surface area (Å²) in [6.07, 6.45) is 7.13. The molecule has 2 N–H and O–H groups in total. The van der Waals surface area contributed by atoms with Crippen LogP contribution >= 0.6 is 11.8 Å². The first-order valence-corrected chi connectivity index (χ1v) is 11.4. The van der Waals surface area contributed by atoms with Gasteiger partial charge in [0.25, 0.3) is 0 Å². The van der Waals surface area contributed by atoms with Crippen LogP contribution in [0.1, 0.15) is 31.7 Å². The van der Waals surface area contributed by atoms with E-state index < -0.39 is 0 Å². The van der Waals surface area contributed by atoms with Crippen molar-refractivity contribution in [3.05, 3.63) is 48.2 Å². The fraction of sp³-hybridized carbons (Fsp3) is 0.455.